The van der Waals surface area contributed by atoms with Crippen molar-refractivity contribution in [3.05, 3.63) is 36.7 Å². The van der Waals surface area contributed by atoms with Crippen LogP contribution in [-0.4, -0.2) is 21.4 Å². The molecule has 1 aromatic heterocycles. The summed E-state index contributed by atoms with van der Waals surface area (Å²) in [6, 6.07) is 5.09. The maximum absolute atomic E-state index is 12.1. The van der Waals surface area contributed by atoms with Crippen LogP contribution in [0.1, 0.15) is 0 Å². The van der Waals surface area contributed by atoms with E-state index in [2.05, 4.69) is 14.7 Å². The van der Waals surface area contributed by atoms with Crippen molar-refractivity contribution < 1.29 is 23.0 Å². The molecule has 0 radical (unpaired) electrons. The minimum absolute atomic E-state index is 0.240. The van der Waals surface area contributed by atoms with Gasteiger partial charge in [-0.3, -0.25) is 0 Å². The molecule has 2 rings (SSSR count). The topological polar surface area (TPSA) is 55.2 Å². The maximum atomic E-state index is 12.1. The smallest absolute Gasteiger partial charge is 0.504 e. The van der Waals surface area contributed by atoms with Crippen molar-refractivity contribution in [3.63, 3.8) is 0 Å². The van der Waals surface area contributed by atoms with E-state index in [0.717, 1.165) is 12.1 Å². The van der Waals surface area contributed by atoms with Crippen molar-refractivity contribution in [1.29, 1.82) is 0 Å². The number of rotatable bonds is 2. The van der Waals surface area contributed by atoms with E-state index in [0.29, 0.717) is 5.56 Å². The fraction of sp³-hybridized carbons (Fsp3) is 0.0909. The zero-order valence-corrected chi connectivity index (χ0v) is 8.85. The lowest BCUT2D eigenvalue weighted by atomic mass is 10.2. The van der Waals surface area contributed by atoms with Crippen LogP contribution in [0, 0.1) is 0 Å². The van der Waals surface area contributed by atoms with E-state index >= 15 is 0 Å². The van der Waals surface area contributed by atoms with Gasteiger partial charge in [0.15, 0.2) is 17.3 Å². The van der Waals surface area contributed by atoms with Gasteiger partial charge in [-0.2, -0.15) is 0 Å². The largest absolute Gasteiger partial charge is 0.573 e. The quantitative estimate of drug-likeness (QED) is 0.897. The summed E-state index contributed by atoms with van der Waals surface area (Å²) >= 11 is 0. The fourth-order valence-electron chi connectivity index (χ4n) is 1.31. The van der Waals surface area contributed by atoms with Crippen LogP contribution in [0.3, 0.4) is 0 Å². The number of hydrogen-bond acceptors (Lipinski definition) is 4. The molecule has 4 nitrogen and oxygen atoms in total. The van der Waals surface area contributed by atoms with Crippen molar-refractivity contribution in [1.82, 2.24) is 9.97 Å². The predicted octanol–water partition coefficient (Wildman–Crippen LogP) is 2.75. The number of hydrogen-bond donors (Lipinski definition) is 1. The van der Waals surface area contributed by atoms with Gasteiger partial charge < -0.3 is 9.84 Å². The van der Waals surface area contributed by atoms with E-state index in [4.69, 9.17) is 0 Å². The molecule has 7 heteroatoms. The molecule has 0 amide bonds. The van der Waals surface area contributed by atoms with Gasteiger partial charge in [0.05, 0.1) is 0 Å². The number of ether oxygens (including phenoxy) is 1. The third-order valence-electron chi connectivity index (χ3n) is 2.01. The van der Waals surface area contributed by atoms with E-state index in [-0.39, 0.29) is 5.82 Å². The first-order valence-corrected chi connectivity index (χ1v) is 4.82. The molecule has 0 aliphatic heterocycles. The van der Waals surface area contributed by atoms with Crippen LogP contribution < -0.4 is 4.74 Å². The Labute approximate surface area is 99.7 Å². The summed E-state index contributed by atoms with van der Waals surface area (Å²) in [5, 5.41) is 9.28. The highest BCUT2D eigenvalue weighted by molar-refractivity contribution is 5.60. The fourth-order valence-corrected chi connectivity index (χ4v) is 1.31. The minimum atomic E-state index is -4.87. The molecule has 1 aromatic carbocycles. The first-order valence-electron chi connectivity index (χ1n) is 4.82. The van der Waals surface area contributed by atoms with Crippen LogP contribution in [0.4, 0.5) is 13.2 Å². The highest BCUT2D eigenvalue weighted by Gasteiger charge is 2.32. The summed E-state index contributed by atoms with van der Waals surface area (Å²) in [5.41, 5.74) is 0.313. The normalized spacial score (nSPS) is 11.3. The second-order valence-electron chi connectivity index (χ2n) is 3.30. The molecule has 0 saturated carbocycles. The lowest BCUT2D eigenvalue weighted by Crippen LogP contribution is -2.17. The zero-order chi connectivity index (χ0) is 13.2. The van der Waals surface area contributed by atoms with Crippen LogP contribution in [0.15, 0.2) is 36.7 Å². The van der Waals surface area contributed by atoms with E-state index in [1.54, 1.807) is 6.07 Å². The van der Waals surface area contributed by atoms with Crippen LogP contribution in [0.2, 0.25) is 0 Å². The molecule has 0 spiro atoms. The molecule has 0 atom stereocenters. The second kappa shape index (κ2) is 4.52. The molecule has 0 aliphatic rings. The monoisotopic (exact) mass is 256 g/mol. The lowest BCUT2D eigenvalue weighted by molar-refractivity contribution is -0.275. The molecule has 0 bridgehead atoms. The average molecular weight is 256 g/mol. The summed E-state index contributed by atoms with van der Waals surface area (Å²) in [5.74, 6) is -1.05. The van der Waals surface area contributed by atoms with Crippen LogP contribution in [-0.2, 0) is 0 Å². The summed E-state index contributed by atoms with van der Waals surface area (Å²) in [6.45, 7) is 0. The molecule has 94 valence electrons. The Hall–Kier alpha value is -2.31. The Balaban J connectivity index is 2.38. The second-order valence-corrected chi connectivity index (χ2v) is 3.30. The Morgan fingerprint density at radius 2 is 1.78 bits per heavy atom. The van der Waals surface area contributed by atoms with Gasteiger partial charge in [-0.25, -0.2) is 9.97 Å². The van der Waals surface area contributed by atoms with Crippen molar-refractivity contribution >= 4 is 0 Å². The van der Waals surface area contributed by atoms with Crippen LogP contribution >= 0.6 is 0 Å². The Kier molecular flexibility index (Phi) is 3.05. The number of phenols is 1. The van der Waals surface area contributed by atoms with Gasteiger partial charge in [0.2, 0.25) is 0 Å². The van der Waals surface area contributed by atoms with Gasteiger partial charge in [0.1, 0.15) is 0 Å². The number of benzene rings is 1. The molecule has 0 fully saturated rings. The van der Waals surface area contributed by atoms with Gasteiger partial charge in [-0.15, -0.1) is 13.2 Å². The molecule has 1 N–H and O–H groups in total. The van der Waals surface area contributed by atoms with E-state index in [1.165, 1.54) is 18.5 Å². The summed E-state index contributed by atoms with van der Waals surface area (Å²) in [7, 11) is 0. The highest BCUT2D eigenvalue weighted by atomic mass is 19.4. The van der Waals surface area contributed by atoms with Crippen molar-refractivity contribution in [2.45, 2.75) is 6.36 Å². The standard InChI is InChI=1S/C11H7F3N2O2/c12-11(13,14)18-9-6-7(2-3-8(9)17)10-15-4-1-5-16-10/h1-6,17H. The van der Waals surface area contributed by atoms with E-state index < -0.39 is 17.9 Å². The average Bonchev–Trinajstić information content (AvgIpc) is 2.31. The van der Waals surface area contributed by atoms with E-state index in [1.807, 2.05) is 0 Å². The first-order chi connectivity index (χ1) is 8.46. The van der Waals surface area contributed by atoms with Gasteiger partial charge in [0, 0.05) is 18.0 Å². The van der Waals surface area contributed by atoms with Crippen molar-refractivity contribution in [3.8, 4) is 22.9 Å². The molecule has 0 saturated heterocycles. The predicted molar refractivity (Wildman–Crippen MR) is 55.8 cm³/mol. The maximum Gasteiger partial charge on any atom is 0.573 e. The summed E-state index contributed by atoms with van der Waals surface area (Å²) < 4.78 is 40.0. The molecular weight excluding hydrogens is 249 g/mol. The molecule has 18 heavy (non-hydrogen) atoms. The van der Waals surface area contributed by atoms with Gasteiger partial charge in [-0.1, -0.05) is 0 Å². The Morgan fingerprint density at radius 3 is 2.39 bits per heavy atom. The minimum Gasteiger partial charge on any atom is -0.504 e. The van der Waals surface area contributed by atoms with Gasteiger partial charge in [-0.05, 0) is 24.3 Å². The molecular formula is C11H7F3N2O2. The number of phenolic OH excluding ortho intramolecular Hbond substituents is 1. The van der Waals surface area contributed by atoms with Crippen LogP contribution in [0.5, 0.6) is 11.5 Å². The number of alkyl halides is 3. The molecule has 2 aromatic rings. The Bertz CT molecular complexity index is 544. The number of aromatic nitrogens is 2. The van der Waals surface area contributed by atoms with Gasteiger partial charge in [0.25, 0.3) is 0 Å². The number of halogens is 3. The number of nitrogens with zero attached hydrogens (tertiary/aromatic N) is 2. The first kappa shape index (κ1) is 12.2. The van der Waals surface area contributed by atoms with E-state index in [9.17, 15) is 18.3 Å². The molecule has 0 unspecified atom stereocenters. The molecule has 1 heterocycles. The summed E-state index contributed by atoms with van der Waals surface area (Å²) in [4.78, 5) is 7.77. The number of aromatic hydroxyl groups is 1. The molecule has 0 aliphatic carbocycles. The third-order valence-corrected chi connectivity index (χ3v) is 2.01. The Morgan fingerprint density at radius 1 is 1.11 bits per heavy atom. The zero-order valence-electron chi connectivity index (χ0n) is 8.85. The lowest BCUT2D eigenvalue weighted by Gasteiger charge is -2.11. The highest BCUT2D eigenvalue weighted by Crippen LogP contribution is 2.34. The van der Waals surface area contributed by atoms with Crippen molar-refractivity contribution in [2.24, 2.45) is 0 Å². The SMILES string of the molecule is Oc1ccc(-c2ncccn2)cc1OC(F)(F)F. The third kappa shape index (κ3) is 2.88. The van der Waals surface area contributed by atoms with Crippen molar-refractivity contribution in [2.75, 3.05) is 0 Å². The van der Waals surface area contributed by atoms with Crippen LogP contribution in [0.25, 0.3) is 11.4 Å². The van der Waals surface area contributed by atoms with Gasteiger partial charge >= 0.3 is 6.36 Å². The summed E-state index contributed by atoms with van der Waals surface area (Å²) in [6.07, 6.45) is -1.95.